The number of hydrogen-bond acceptors (Lipinski definition) is 4. The van der Waals surface area contributed by atoms with Gasteiger partial charge in [-0.3, -0.25) is 4.79 Å². The summed E-state index contributed by atoms with van der Waals surface area (Å²) in [5, 5.41) is 4.64. The Balaban J connectivity index is 1.55. The summed E-state index contributed by atoms with van der Waals surface area (Å²) in [4.78, 5) is 14.5. The van der Waals surface area contributed by atoms with E-state index in [0.717, 1.165) is 29.9 Å². The second-order valence-electron chi connectivity index (χ2n) is 6.60. The second-order valence-corrected chi connectivity index (χ2v) is 7.03. The summed E-state index contributed by atoms with van der Waals surface area (Å²) in [6, 6.07) is 9.58. The lowest BCUT2D eigenvalue weighted by molar-refractivity contribution is -0.130. The highest BCUT2D eigenvalue weighted by Gasteiger charge is 2.35. The maximum Gasteiger partial charge on any atom is 0.223 e. The van der Waals surface area contributed by atoms with Crippen molar-refractivity contribution in [2.45, 2.75) is 32.3 Å². The third kappa shape index (κ3) is 4.61. The number of ether oxygens (including phenoxy) is 1. The number of benzene rings is 1. The van der Waals surface area contributed by atoms with Crippen LogP contribution in [0.1, 0.15) is 23.4 Å². The average Bonchev–Trinajstić information content (AvgIpc) is 3.20. The first-order valence-corrected chi connectivity index (χ1v) is 8.90. The first-order chi connectivity index (χ1) is 12.0. The van der Waals surface area contributed by atoms with Crippen LogP contribution >= 0.6 is 11.6 Å². The van der Waals surface area contributed by atoms with Crippen molar-refractivity contribution in [2.75, 3.05) is 20.2 Å². The van der Waals surface area contributed by atoms with Gasteiger partial charge in [0.25, 0.3) is 0 Å². The fourth-order valence-electron chi connectivity index (χ4n) is 3.34. The lowest BCUT2D eigenvalue weighted by Crippen LogP contribution is -2.30. The number of aromatic nitrogens is 1. The molecule has 0 spiro atoms. The molecule has 134 valence electrons. The van der Waals surface area contributed by atoms with Crippen molar-refractivity contribution >= 4 is 17.5 Å². The topological polar surface area (TPSA) is 55.6 Å². The minimum Gasteiger partial charge on any atom is -0.379 e. The summed E-state index contributed by atoms with van der Waals surface area (Å²) in [6.07, 6.45) is 1.98. The van der Waals surface area contributed by atoms with Crippen molar-refractivity contribution in [1.29, 1.82) is 0 Å². The highest BCUT2D eigenvalue weighted by molar-refractivity contribution is 6.30. The standard InChI is InChI=1S/C19H23ClN2O3/c1-13-9-17(25-21-13)10-15-11-22(12-18(15)24-2)19(23)8-5-14-3-6-16(20)7-4-14/h3-4,6-7,9,15,18H,5,8,10-12H2,1-2H3/t15-,18+/m1/s1. The summed E-state index contributed by atoms with van der Waals surface area (Å²) in [5.41, 5.74) is 1.99. The number of amides is 1. The molecule has 1 aliphatic heterocycles. The molecule has 0 bridgehead atoms. The SMILES string of the molecule is CO[C@H]1CN(C(=O)CCc2ccc(Cl)cc2)C[C@H]1Cc1cc(C)no1. The molecule has 2 atom stereocenters. The summed E-state index contributed by atoms with van der Waals surface area (Å²) >= 11 is 5.89. The van der Waals surface area contributed by atoms with Gasteiger partial charge in [-0.15, -0.1) is 0 Å². The molecule has 1 saturated heterocycles. The number of hydrogen-bond donors (Lipinski definition) is 0. The second kappa shape index (κ2) is 8.02. The predicted molar refractivity (Wildman–Crippen MR) is 95.6 cm³/mol. The first-order valence-electron chi connectivity index (χ1n) is 8.52. The van der Waals surface area contributed by atoms with Gasteiger partial charge in [-0.25, -0.2) is 0 Å². The van der Waals surface area contributed by atoms with Crippen LogP contribution in [0.5, 0.6) is 0 Å². The third-order valence-electron chi connectivity index (χ3n) is 4.72. The van der Waals surface area contributed by atoms with Crippen LogP contribution in [0.2, 0.25) is 5.02 Å². The van der Waals surface area contributed by atoms with Crippen molar-refractivity contribution in [3.8, 4) is 0 Å². The monoisotopic (exact) mass is 362 g/mol. The van der Waals surface area contributed by atoms with Crippen LogP contribution < -0.4 is 0 Å². The minimum absolute atomic E-state index is 0.0323. The first kappa shape index (κ1) is 18.0. The molecular weight excluding hydrogens is 340 g/mol. The highest BCUT2D eigenvalue weighted by Crippen LogP contribution is 2.25. The van der Waals surface area contributed by atoms with E-state index in [9.17, 15) is 4.79 Å². The van der Waals surface area contributed by atoms with E-state index in [-0.39, 0.29) is 17.9 Å². The highest BCUT2D eigenvalue weighted by atomic mass is 35.5. The molecule has 6 heteroatoms. The molecule has 1 aromatic heterocycles. The number of rotatable bonds is 6. The lowest BCUT2D eigenvalue weighted by atomic mass is 10.0. The quantitative estimate of drug-likeness (QED) is 0.791. The van der Waals surface area contributed by atoms with Crippen LogP contribution in [-0.2, 0) is 22.4 Å². The number of halogens is 1. The Morgan fingerprint density at radius 1 is 1.36 bits per heavy atom. The van der Waals surface area contributed by atoms with E-state index in [1.54, 1.807) is 7.11 Å². The van der Waals surface area contributed by atoms with E-state index in [1.807, 2.05) is 42.2 Å². The fourth-order valence-corrected chi connectivity index (χ4v) is 3.47. The van der Waals surface area contributed by atoms with E-state index in [4.69, 9.17) is 20.9 Å². The van der Waals surface area contributed by atoms with Gasteiger partial charge in [-0.1, -0.05) is 28.9 Å². The van der Waals surface area contributed by atoms with Gasteiger partial charge in [0, 0.05) is 50.0 Å². The molecular formula is C19H23ClN2O3. The Labute approximate surface area is 152 Å². The molecule has 0 aliphatic carbocycles. The Morgan fingerprint density at radius 3 is 2.76 bits per heavy atom. The van der Waals surface area contributed by atoms with Crippen LogP contribution in [0.3, 0.4) is 0 Å². The van der Waals surface area contributed by atoms with Crippen LogP contribution in [-0.4, -0.2) is 42.3 Å². The van der Waals surface area contributed by atoms with Gasteiger partial charge in [0.1, 0.15) is 5.76 Å². The predicted octanol–water partition coefficient (Wildman–Crippen LogP) is 3.29. The number of nitrogens with zero attached hydrogens (tertiary/aromatic N) is 2. The van der Waals surface area contributed by atoms with E-state index < -0.39 is 0 Å². The van der Waals surface area contributed by atoms with Gasteiger partial charge in [0.2, 0.25) is 5.91 Å². The maximum absolute atomic E-state index is 12.6. The van der Waals surface area contributed by atoms with Gasteiger partial charge in [0.15, 0.2) is 0 Å². The number of carbonyl (C=O) groups is 1. The van der Waals surface area contributed by atoms with Crippen LogP contribution in [0.25, 0.3) is 0 Å². The maximum atomic E-state index is 12.6. The number of likely N-dealkylation sites (tertiary alicyclic amines) is 1. The Morgan fingerprint density at radius 2 is 2.12 bits per heavy atom. The molecule has 25 heavy (non-hydrogen) atoms. The molecule has 1 amide bonds. The molecule has 1 fully saturated rings. The molecule has 1 aliphatic rings. The summed E-state index contributed by atoms with van der Waals surface area (Å²) < 4.78 is 10.9. The normalized spacial score (nSPS) is 20.2. The van der Waals surface area contributed by atoms with Gasteiger partial charge in [-0.05, 0) is 31.0 Å². The molecule has 0 radical (unpaired) electrons. The molecule has 0 saturated carbocycles. The lowest BCUT2D eigenvalue weighted by Gasteiger charge is -2.16. The van der Waals surface area contributed by atoms with Gasteiger partial charge >= 0.3 is 0 Å². The Kier molecular flexibility index (Phi) is 5.76. The van der Waals surface area contributed by atoms with Crippen molar-refractivity contribution < 1.29 is 14.1 Å². The van der Waals surface area contributed by atoms with E-state index >= 15 is 0 Å². The zero-order valence-corrected chi connectivity index (χ0v) is 15.3. The van der Waals surface area contributed by atoms with E-state index in [2.05, 4.69) is 5.16 Å². The number of carbonyl (C=O) groups excluding carboxylic acids is 1. The van der Waals surface area contributed by atoms with Crippen LogP contribution in [0.4, 0.5) is 0 Å². The molecule has 0 unspecified atom stereocenters. The summed E-state index contributed by atoms with van der Waals surface area (Å²) in [7, 11) is 1.70. The summed E-state index contributed by atoms with van der Waals surface area (Å²) in [6.45, 7) is 3.23. The molecule has 5 nitrogen and oxygen atoms in total. The number of methoxy groups -OCH3 is 1. The van der Waals surface area contributed by atoms with Crippen LogP contribution in [0.15, 0.2) is 34.9 Å². The fraction of sp³-hybridized carbons (Fsp3) is 0.474. The largest absolute Gasteiger partial charge is 0.379 e. The van der Waals surface area contributed by atoms with Gasteiger partial charge in [-0.2, -0.15) is 0 Å². The molecule has 2 aromatic rings. The van der Waals surface area contributed by atoms with Gasteiger partial charge < -0.3 is 14.2 Å². The van der Waals surface area contributed by atoms with Crippen molar-refractivity contribution in [3.05, 3.63) is 52.4 Å². The molecule has 1 aromatic carbocycles. The zero-order valence-electron chi connectivity index (χ0n) is 14.6. The molecule has 3 rings (SSSR count). The van der Waals surface area contributed by atoms with Crippen molar-refractivity contribution in [2.24, 2.45) is 5.92 Å². The summed E-state index contributed by atoms with van der Waals surface area (Å²) in [5.74, 6) is 1.24. The van der Waals surface area contributed by atoms with Crippen molar-refractivity contribution in [3.63, 3.8) is 0 Å². The Hall–Kier alpha value is -1.85. The van der Waals surface area contributed by atoms with Crippen LogP contribution in [0, 0.1) is 12.8 Å². The average molecular weight is 363 g/mol. The smallest absolute Gasteiger partial charge is 0.223 e. The van der Waals surface area contributed by atoms with E-state index in [1.165, 1.54) is 0 Å². The zero-order chi connectivity index (χ0) is 17.8. The third-order valence-corrected chi connectivity index (χ3v) is 4.97. The number of aryl methyl sites for hydroxylation is 2. The Bertz CT molecular complexity index is 714. The minimum atomic E-state index is 0.0323. The molecule has 0 N–H and O–H groups in total. The van der Waals surface area contributed by atoms with Gasteiger partial charge in [0.05, 0.1) is 11.8 Å². The molecule has 2 heterocycles. The van der Waals surface area contributed by atoms with Crippen molar-refractivity contribution in [1.82, 2.24) is 10.1 Å². The van der Waals surface area contributed by atoms with E-state index in [0.29, 0.717) is 24.5 Å².